The number of thiazole rings is 2. The Kier molecular flexibility index (Phi) is 19.6. The molecule has 4 aromatic carbocycles. The van der Waals surface area contributed by atoms with Crippen molar-refractivity contribution in [2.75, 3.05) is 89.5 Å². The number of methoxy groups -OCH3 is 2. The summed E-state index contributed by atoms with van der Waals surface area (Å²) in [6.45, 7) is 4.10. The van der Waals surface area contributed by atoms with E-state index in [2.05, 4.69) is 40.4 Å². The van der Waals surface area contributed by atoms with Crippen LogP contribution >= 0.6 is 45.9 Å². The molecule has 4 atom stereocenters. The normalized spacial score (nSPS) is 19.3. The van der Waals surface area contributed by atoms with Gasteiger partial charge >= 0.3 is 35.9 Å². The maximum Gasteiger partial charge on any atom is 0.338 e. The number of carboxylic acid groups (broad SMARTS) is 2. The molecule has 0 bridgehead atoms. The second-order valence-corrected chi connectivity index (χ2v) is 26.1. The van der Waals surface area contributed by atoms with Gasteiger partial charge in [-0.25, -0.2) is 56.3 Å². The van der Waals surface area contributed by atoms with Crippen molar-refractivity contribution >= 4 is 105 Å². The van der Waals surface area contributed by atoms with E-state index in [-0.39, 0.29) is 69.6 Å². The van der Waals surface area contributed by atoms with Crippen molar-refractivity contribution in [1.82, 2.24) is 50.2 Å². The highest BCUT2D eigenvalue weighted by Crippen LogP contribution is 2.40. The number of aromatic carboxylic acids is 2. The quantitative estimate of drug-likeness (QED) is 0.0517. The monoisotopic (exact) mass is 1440 g/mol. The van der Waals surface area contributed by atoms with Crippen molar-refractivity contribution in [3.8, 4) is 22.5 Å². The minimum Gasteiger partial charge on any atom is -0.478 e. The number of piperazine rings is 2. The van der Waals surface area contributed by atoms with Crippen molar-refractivity contribution < 1.29 is 66.0 Å². The lowest BCUT2D eigenvalue weighted by Gasteiger charge is -2.38. The molecule has 4 saturated heterocycles. The third-order valence-corrected chi connectivity index (χ3v) is 19.8. The number of nitrogens with one attached hydrogen (secondary N) is 2. The van der Waals surface area contributed by atoms with Crippen LogP contribution in [0.4, 0.5) is 38.5 Å². The van der Waals surface area contributed by atoms with Crippen LogP contribution in [-0.4, -0.2) is 189 Å². The Morgan fingerprint density at radius 2 is 1.12 bits per heavy atom. The average Bonchev–Trinajstić information content (AvgIpc) is 1.18. The molecule has 6 aliphatic rings. The topological polar surface area (TPSA) is 281 Å². The van der Waals surface area contributed by atoms with E-state index in [0.29, 0.717) is 125 Å². The second-order valence-electron chi connectivity index (χ2n) is 23.5. The zero-order valence-corrected chi connectivity index (χ0v) is 55.8. The van der Waals surface area contributed by atoms with E-state index < -0.39 is 64.8 Å². The van der Waals surface area contributed by atoms with E-state index in [4.69, 9.17) is 47.8 Å². The van der Waals surface area contributed by atoms with E-state index in [0.717, 1.165) is 12.1 Å². The molecule has 10 heterocycles. The van der Waals surface area contributed by atoms with Gasteiger partial charge in [0.15, 0.2) is 21.7 Å². The molecule has 0 radical (unpaired) electrons. The highest BCUT2D eigenvalue weighted by molar-refractivity contribution is 7.12. The minimum absolute atomic E-state index is 0.111. The maximum atomic E-state index is 14.6. The van der Waals surface area contributed by atoms with Crippen molar-refractivity contribution in [3.63, 3.8) is 0 Å². The van der Waals surface area contributed by atoms with Crippen molar-refractivity contribution in [2.24, 2.45) is 9.98 Å². The fraction of sp³-hybridized carbons (Fsp3) is 0.235. The molecular weight excluding hydrogens is 1380 g/mol. The summed E-state index contributed by atoms with van der Waals surface area (Å²) in [6.07, 6.45) is 6.30. The van der Waals surface area contributed by atoms with Crippen LogP contribution in [0.5, 0.6) is 0 Å². The van der Waals surface area contributed by atoms with Crippen LogP contribution in [0.3, 0.4) is 0 Å². The largest absolute Gasteiger partial charge is 0.478 e. The number of amidine groups is 2. The van der Waals surface area contributed by atoms with Gasteiger partial charge in [0.25, 0.3) is 0 Å². The fourth-order valence-electron chi connectivity index (χ4n) is 12.8. The lowest BCUT2D eigenvalue weighted by molar-refractivity contribution is -0.137. The van der Waals surface area contributed by atoms with Crippen molar-refractivity contribution in [3.05, 3.63) is 221 Å². The Morgan fingerprint density at radius 1 is 0.570 bits per heavy atom. The Balaban J connectivity index is 0.000000179. The number of ether oxygens (including phenoxy) is 2. The van der Waals surface area contributed by atoms with E-state index in [1.54, 1.807) is 67.0 Å². The standard InChI is InChI=1S/2C34H28ClF2N7O5S/c1-49-33(47)28-27(40-30(31-38-8-11-50-31)41-29(28)22-6-3-19(36)13-24(22)35)17-42-9-10-43-21(15-42)16-44(34(43)48)20-4-7-26(39-14-20)23-5-2-18(32(45)46)12-25(23)37;1-49-33(47)28-27(40-30(31-39-8-11-50-31)41-29(28)22-5-3-19(36)13-24(22)35)17-42-9-10-43-21(15-42)16-44(34(43)48)20-6-7-38-26(14-20)18-2-4-23(32(45)46)25(37)12-18/h2*2-8,11-14,21,29H,9-10,15-17H2,1H3,(H,40,41)(H,45,46)/t2*21-,29-/m00/s1. The van der Waals surface area contributed by atoms with Crippen LogP contribution in [0.15, 0.2) is 165 Å². The van der Waals surface area contributed by atoms with Crippen molar-refractivity contribution in [2.45, 2.75) is 24.2 Å². The van der Waals surface area contributed by atoms with E-state index in [9.17, 15) is 51.4 Å². The molecule has 8 aromatic rings. The third-order valence-electron chi connectivity index (χ3n) is 17.6. The van der Waals surface area contributed by atoms with Gasteiger partial charge in [0, 0.05) is 144 Å². The number of carbonyl (C=O) groups excluding carboxylic acids is 4. The lowest BCUT2D eigenvalue weighted by Crippen LogP contribution is -2.53. The predicted molar refractivity (Wildman–Crippen MR) is 362 cm³/mol. The van der Waals surface area contributed by atoms with Crippen LogP contribution < -0.4 is 20.4 Å². The number of rotatable bonds is 16. The molecule has 32 heteroatoms. The summed E-state index contributed by atoms with van der Waals surface area (Å²) in [7, 11) is 2.56. The molecule has 0 unspecified atom stereocenters. The Hall–Kier alpha value is -10.5. The smallest absolute Gasteiger partial charge is 0.338 e. The third kappa shape index (κ3) is 13.8. The van der Waals surface area contributed by atoms with Crippen LogP contribution in [0.2, 0.25) is 10.0 Å². The summed E-state index contributed by atoms with van der Waals surface area (Å²) in [5, 5.41) is 29.9. The number of aromatic nitrogens is 4. The van der Waals surface area contributed by atoms with E-state index >= 15 is 0 Å². The lowest BCUT2D eigenvalue weighted by atomic mass is 9.95. The van der Waals surface area contributed by atoms with Gasteiger partial charge in [-0.05, 0) is 78.9 Å². The number of pyridine rings is 2. The average molecular weight is 1440 g/mol. The first kappa shape index (κ1) is 68.0. The summed E-state index contributed by atoms with van der Waals surface area (Å²) in [5.41, 5.74) is 4.07. The van der Waals surface area contributed by atoms with Gasteiger partial charge in [0.1, 0.15) is 35.4 Å². The number of hydrogen-bond acceptors (Lipinski definition) is 20. The molecular formula is C68H56Cl2F4N14O10S2. The highest BCUT2D eigenvalue weighted by atomic mass is 35.5. The van der Waals surface area contributed by atoms with E-state index in [1.165, 1.54) is 110 Å². The Morgan fingerprint density at radius 3 is 1.58 bits per heavy atom. The number of benzene rings is 4. The molecule has 0 saturated carbocycles. The minimum atomic E-state index is -1.37. The predicted octanol–water partition coefficient (Wildman–Crippen LogP) is 9.96. The number of anilines is 2. The molecule has 0 aliphatic carbocycles. The van der Waals surface area contributed by atoms with Crippen molar-refractivity contribution in [1.29, 1.82) is 0 Å². The number of carbonyl (C=O) groups is 6. The summed E-state index contributed by atoms with van der Waals surface area (Å²) in [5.74, 6) is -5.61. The van der Waals surface area contributed by atoms with E-state index in [1.807, 2.05) is 0 Å². The number of halogens is 6. The molecule has 4 N–H and O–H groups in total. The zero-order chi connectivity index (χ0) is 70.2. The maximum absolute atomic E-state index is 14.6. The van der Waals surface area contributed by atoms with Gasteiger partial charge in [-0.15, -0.1) is 22.7 Å². The SMILES string of the molecule is COC(=O)C1=C(CN2CCN3C(=O)N(c4ccc(-c5ccc(C(=O)O)cc5F)nc4)C[C@@H]3C2)NC(c2nccs2)=N[C@H]1c1ccc(F)cc1Cl.COC(=O)C1=C(CN2CCN3C(=O)N(c4ccnc(-c5ccc(C(=O)O)c(F)c5)c4)C[C@@H]3C2)NC(c2nccs2)=N[C@H]1c1ccc(F)cc1Cl. The van der Waals surface area contributed by atoms with Gasteiger partial charge in [-0.1, -0.05) is 41.4 Å². The fourth-order valence-corrected chi connectivity index (χ4v) is 14.5. The molecule has 0 spiro atoms. The van der Waals surface area contributed by atoms with Crippen LogP contribution in [0.1, 0.15) is 53.9 Å². The first-order valence-corrected chi connectivity index (χ1v) is 33.3. The molecule has 4 fully saturated rings. The summed E-state index contributed by atoms with van der Waals surface area (Å²) >= 11 is 15.7. The van der Waals surface area contributed by atoms with Gasteiger partial charge in [0.2, 0.25) is 0 Å². The van der Waals surface area contributed by atoms with Gasteiger partial charge < -0.3 is 40.1 Å². The first-order chi connectivity index (χ1) is 48.2. The number of nitrogens with zero attached hydrogens (tertiary/aromatic N) is 12. The Bertz CT molecular complexity index is 4720. The molecule has 100 heavy (non-hydrogen) atoms. The molecule has 24 nitrogen and oxygen atoms in total. The second kappa shape index (κ2) is 28.8. The number of carboxylic acids is 2. The number of esters is 2. The number of aliphatic imine (C=N–C) groups is 2. The highest BCUT2D eigenvalue weighted by Gasteiger charge is 2.45. The number of amides is 4. The first-order valence-electron chi connectivity index (χ1n) is 30.8. The summed E-state index contributed by atoms with van der Waals surface area (Å²) < 4.78 is 67.5. The summed E-state index contributed by atoms with van der Waals surface area (Å²) in [4.78, 5) is 114. The Labute approximate surface area is 584 Å². The molecule has 512 valence electrons. The molecule has 4 aromatic heterocycles. The van der Waals surface area contributed by atoms with Gasteiger partial charge in [-0.2, -0.15) is 0 Å². The van der Waals surface area contributed by atoms with Crippen LogP contribution in [-0.2, 0) is 19.1 Å². The van der Waals surface area contributed by atoms with Gasteiger partial charge in [0.05, 0.1) is 71.8 Å². The summed E-state index contributed by atoms with van der Waals surface area (Å²) in [6, 6.07) is 19.3. The molecule has 14 rings (SSSR count). The number of fused-ring (bicyclic) bond motifs is 2. The zero-order valence-electron chi connectivity index (χ0n) is 52.7. The van der Waals surface area contributed by atoms with Gasteiger partial charge in [-0.3, -0.25) is 39.6 Å². The number of hydrogen-bond donors (Lipinski definition) is 4. The van der Waals surface area contributed by atoms with Crippen LogP contribution in [0, 0.1) is 23.3 Å². The number of urea groups is 2. The molecule has 6 aliphatic heterocycles. The molecule has 4 amide bonds. The van der Waals surface area contributed by atoms with Crippen LogP contribution in [0.25, 0.3) is 22.5 Å².